The summed E-state index contributed by atoms with van der Waals surface area (Å²) in [5.74, 6) is 0.886. The van der Waals surface area contributed by atoms with Crippen LogP contribution in [0.15, 0.2) is 27.8 Å². The lowest BCUT2D eigenvalue weighted by atomic mass is 10.3. The van der Waals surface area contributed by atoms with E-state index < -0.39 is 0 Å². The van der Waals surface area contributed by atoms with Crippen molar-refractivity contribution < 1.29 is 14.0 Å². The van der Waals surface area contributed by atoms with E-state index in [1.807, 2.05) is 11.8 Å². The Morgan fingerprint density at radius 2 is 1.92 bits per heavy atom. The second-order valence-corrected chi connectivity index (χ2v) is 5.51. The maximum Gasteiger partial charge on any atom is 0.289 e. The number of nitrogens with zero attached hydrogens (tertiary/aromatic N) is 3. The number of carbonyl (C=O) groups excluding carboxylic acids is 2. The van der Waals surface area contributed by atoms with Crippen LogP contribution >= 0.6 is 0 Å². The molecule has 2 heterocycles. The van der Waals surface area contributed by atoms with Gasteiger partial charge >= 0.3 is 0 Å². The van der Waals surface area contributed by atoms with Crippen molar-refractivity contribution in [2.75, 3.05) is 46.3 Å². The van der Waals surface area contributed by atoms with E-state index in [1.165, 1.54) is 6.26 Å². The number of hydrogen-bond acceptors (Lipinski definition) is 4. The Hall–Kier alpha value is -2.51. The average molecular weight is 335 g/mol. The number of carbonyl (C=O) groups is 2. The van der Waals surface area contributed by atoms with Gasteiger partial charge in [-0.05, 0) is 18.6 Å². The molecule has 1 aliphatic heterocycles. The number of aliphatic imine (C=N–C) groups is 1. The zero-order valence-electron chi connectivity index (χ0n) is 14.2. The van der Waals surface area contributed by atoms with Crippen LogP contribution in [-0.4, -0.2) is 73.9 Å². The smallest absolute Gasteiger partial charge is 0.289 e. The van der Waals surface area contributed by atoms with Crippen LogP contribution in [0, 0.1) is 0 Å². The Labute approximate surface area is 141 Å². The van der Waals surface area contributed by atoms with Crippen LogP contribution in [0.5, 0.6) is 0 Å². The third-order valence-electron chi connectivity index (χ3n) is 3.79. The molecule has 0 saturated carbocycles. The predicted octanol–water partition coefficient (Wildman–Crippen LogP) is 0.139. The number of amides is 2. The fourth-order valence-corrected chi connectivity index (χ4v) is 2.50. The molecule has 1 aromatic rings. The zero-order valence-corrected chi connectivity index (χ0v) is 14.2. The molecule has 0 aliphatic carbocycles. The molecular formula is C16H25N5O3. The van der Waals surface area contributed by atoms with Gasteiger partial charge in [-0.25, -0.2) is 0 Å². The lowest BCUT2D eigenvalue weighted by Crippen LogP contribution is -2.54. The highest BCUT2D eigenvalue weighted by Crippen LogP contribution is 2.09. The molecule has 0 unspecified atom stereocenters. The summed E-state index contributed by atoms with van der Waals surface area (Å²) in [5, 5.41) is 5.88. The second kappa shape index (κ2) is 8.95. The number of nitrogens with one attached hydrogen (secondary N) is 2. The van der Waals surface area contributed by atoms with E-state index in [2.05, 4.69) is 15.6 Å². The van der Waals surface area contributed by atoms with Crippen molar-refractivity contribution in [3.05, 3.63) is 24.2 Å². The van der Waals surface area contributed by atoms with Gasteiger partial charge in [0.2, 0.25) is 5.91 Å². The Kier molecular flexibility index (Phi) is 6.65. The van der Waals surface area contributed by atoms with Gasteiger partial charge in [-0.1, -0.05) is 6.92 Å². The van der Waals surface area contributed by atoms with E-state index >= 15 is 0 Å². The molecule has 8 nitrogen and oxygen atoms in total. The molecule has 1 aromatic heterocycles. The summed E-state index contributed by atoms with van der Waals surface area (Å²) in [7, 11) is 1.69. The predicted molar refractivity (Wildman–Crippen MR) is 90.8 cm³/mol. The summed E-state index contributed by atoms with van der Waals surface area (Å²) in [6.07, 6.45) is 2.41. The van der Waals surface area contributed by atoms with Gasteiger partial charge in [-0.2, -0.15) is 0 Å². The third kappa shape index (κ3) is 4.74. The summed E-state index contributed by atoms with van der Waals surface area (Å²) in [4.78, 5) is 31.9. The van der Waals surface area contributed by atoms with Crippen molar-refractivity contribution in [1.82, 2.24) is 20.4 Å². The minimum absolute atomic E-state index is 0.0513. The number of rotatable bonds is 5. The van der Waals surface area contributed by atoms with E-state index in [0.29, 0.717) is 44.4 Å². The quantitative estimate of drug-likeness (QED) is 0.590. The summed E-state index contributed by atoms with van der Waals surface area (Å²) in [6, 6.07) is 3.38. The lowest BCUT2D eigenvalue weighted by molar-refractivity contribution is -0.120. The molecular weight excluding hydrogens is 310 g/mol. The molecule has 0 spiro atoms. The Balaban J connectivity index is 1.79. The molecule has 2 N–H and O–H groups in total. The van der Waals surface area contributed by atoms with Crippen LogP contribution in [-0.2, 0) is 4.79 Å². The first-order valence-corrected chi connectivity index (χ1v) is 8.20. The fraction of sp³-hybridized carbons (Fsp3) is 0.562. The summed E-state index contributed by atoms with van der Waals surface area (Å²) in [5.41, 5.74) is 0. The fourth-order valence-electron chi connectivity index (χ4n) is 2.50. The normalized spacial score (nSPS) is 15.3. The molecule has 2 rings (SSSR count). The average Bonchev–Trinajstić information content (AvgIpc) is 3.15. The van der Waals surface area contributed by atoms with Crippen molar-refractivity contribution >= 4 is 17.8 Å². The number of guanidine groups is 1. The summed E-state index contributed by atoms with van der Waals surface area (Å²) in [6.45, 7) is 5.36. The van der Waals surface area contributed by atoms with Crippen LogP contribution < -0.4 is 10.6 Å². The molecule has 0 radical (unpaired) electrons. The molecule has 24 heavy (non-hydrogen) atoms. The van der Waals surface area contributed by atoms with Crippen molar-refractivity contribution in [3.8, 4) is 0 Å². The van der Waals surface area contributed by atoms with Gasteiger partial charge in [0, 0.05) is 39.8 Å². The van der Waals surface area contributed by atoms with Crippen molar-refractivity contribution in [2.24, 2.45) is 4.99 Å². The van der Waals surface area contributed by atoms with Gasteiger partial charge in [0.05, 0.1) is 12.8 Å². The van der Waals surface area contributed by atoms with Crippen molar-refractivity contribution in [1.29, 1.82) is 0 Å². The summed E-state index contributed by atoms with van der Waals surface area (Å²) >= 11 is 0. The van der Waals surface area contributed by atoms with Gasteiger partial charge in [0.25, 0.3) is 5.91 Å². The molecule has 8 heteroatoms. The van der Waals surface area contributed by atoms with Gasteiger partial charge in [-0.3, -0.25) is 14.6 Å². The van der Waals surface area contributed by atoms with Crippen LogP contribution in [0.1, 0.15) is 23.9 Å². The SMILES string of the molecule is CCCNC(=O)CNC(=NC)N1CCN(C(=O)c2ccco2)CC1. The monoisotopic (exact) mass is 335 g/mol. The minimum atomic E-state index is -0.0958. The van der Waals surface area contributed by atoms with Crippen LogP contribution in [0.2, 0.25) is 0 Å². The Morgan fingerprint density at radius 3 is 2.50 bits per heavy atom. The van der Waals surface area contributed by atoms with Gasteiger partial charge in [-0.15, -0.1) is 0 Å². The molecule has 0 atom stereocenters. The standard InChI is InChI=1S/C16H25N5O3/c1-3-6-18-14(22)12-19-16(17-2)21-9-7-20(8-10-21)15(23)13-5-4-11-24-13/h4-5,11H,3,6-10,12H2,1-2H3,(H,17,19)(H,18,22). The van der Waals surface area contributed by atoms with Crippen molar-refractivity contribution in [2.45, 2.75) is 13.3 Å². The third-order valence-corrected chi connectivity index (χ3v) is 3.79. The maximum atomic E-state index is 12.2. The van der Waals surface area contributed by atoms with E-state index in [-0.39, 0.29) is 18.4 Å². The molecule has 1 fully saturated rings. The van der Waals surface area contributed by atoms with E-state index in [4.69, 9.17) is 4.42 Å². The van der Waals surface area contributed by atoms with E-state index in [1.54, 1.807) is 24.1 Å². The number of furan rings is 1. The minimum Gasteiger partial charge on any atom is -0.459 e. The Bertz CT molecular complexity index is 562. The van der Waals surface area contributed by atoms with Crippen molar-refractivity contribution in [3.63, 3.8) is 0 Å². The van der Waals surface area contributed by atoms with E-state index in [0.717, 1.165) is 6.42 Å². The summed E-state index contributed by atoms with van der Waals surface area (Å²) < 4.78 is 5.16. The van der Waals surface area contributed by atoms with E-state index in [9.17, 15) is 9.59 Å². The van der Waals surface area contributed by atoms with Gasteiger partial charge in [0.15, 0.2) is 11.7 Å². The first-order chi connectivity index (χ1) is 11.7. The zero-order chi connectivity index (χ0) is 17.4. The highest BCUT2D eigenvalue weighted by Gasteiger charge is 2.25. The van der Waals surface area contributed by atoms with Gasteiger partial charge in [0.1, 0.15) is 0 Å². The second-order valence-electron chi connectivity index (χ2n) is 5.51. The van der Waals surface area contributed by atoms with Crippen LogP contribution in [0.3, 0.4) is 0 Å². The highest BCUT2D eigenvalue weighted by molar-refractivity contribution is 5.92. The first kappa shape index (κ1) is 17.8. The molecule has 0 bridgehead atoms. The maximum absolute atomic E-state index is 12.2. The number of hydrogen-bond donors (Lipinski definition) is 2. The molecule has 2 amide bonds. The Morgan fingerprint density at radius 1 is 1.21 bits per heavy atom. The molecule has 1 saturated heterocycles. The largest absolute Gasteiger partial charge is 0.459 e. The molecule has 1 aliphatic rings. The topological polar surface area (TPSA) is 90.2 Å². The van der Waals surface area contributed by atoms with Crippen LogP contribution in [0.25, 0.3) is 0 Å². The van der Waals surface area contributed by atoms with Gasteiger partial charge < -0.3 is 24.9 Å². The van der Waals surface area contributed by atoms with Crippen LogP contribution in [0.4, 0.5) is 0 Å². The lowest BCUT2D eigenvalue weighted by Gasteiger charge is -2.36. The first-order valence-electron chi connectivity index (χ1n) is 8.20. The highest BCUT2D eigenvalue weighted by atomic mass is 16.3. The molecule has 132 valence electrons. The number of piperazine rings is 1. The molecule has 0 aromatic carbocycles.